The lowest BCUT2D eigenvalue weighted by atomic mass is 9.80. The highest BCUT2D eigenvalue weighted by molar-refractivity contribution is 6.62. The Morgan fingerprint density at radius 3 is 2.09 bits per heavy atom. The van der Waals surface area contributed by atoms with Crippen molar-refractivity contribution in [2.45, 2.75) is 38.9 Å². The Morgan fingerprint density at radius 1 is 0.913 bits per heavy atom. The van der Waals surface area contributed by atoms with Crippen LogP contribution in [-0.2, 0) is 9.31 Å². The Bertz CT molecular complexity index is 733. The number of hydrogen-bond donors (Lipinski definition) is 0. The van der Waals surface area contributed by atoms with Crippen molar-refractivity contribution in [3.05, 3.63) is 48.2 Å². The second-order valence-corrected chi connectivity index (χ2v) is 6.64. The molecule has 1 fully saturated rings. The standard InChI is InChI=1S/C17H18BF2NO2/c1-16(2)17(3,4)23-18(22-16)12-9-10-14(21-15(12)20)11-7-5-6-8-13(11)19/h5-10H,1-4H3. The molecule has 3 nitrogen and oxygen atoms in total. The first-order valence-electron chi connectivity index (χ1n) is 7.48. The van der Waals surface area contributed by atoms with Gasteiger partial charge in [-0.3, -0.25) is 0 Å². The van der Waals surface area contributed by atoms with Gasteiger partial charge in [0.25, 0.3) is 0 Å². The molecule has 3 rings (SSSR count). The molecule has 0 unspecified atom stereocenters. The summed E-state index contributed by atoms with van der Waals surface area (Å²) in [4.78, 5) is 3.88. The maximum Gasteiger partial charge on any atom is 0.499 e. The third kappa shape index (κ3) is 2.77. The highest BCUT2D eigenvalue weighted by Gasteiger charge is 2.52. The zero-order chi connectivity index (χ0) is 16.8. The van der Waals surface area contributed by atoms with Crippen molar-refractivity contribution in [1.29, 1.82) is 0 Å². The Labute approximate surface area is 134 Å². The quantitative estimate of drug-likeness (QED) is 0.629. The van der Waals surface area contributed by atoms with E-state index in [-0.39, 0.29) is 16.7 Å². The van der Waals surface area contributed by atoms with Crippen LogP contribution in [-0.4, -0.2) is 23.3 Å². The number of nitrogens with zero attached hydrogens (tertiary/aromatic N) is 1. The second kappa shape index (κ2) is 5.39. The fourth-order valence-corrected chi connectivity index (χ4v) is 2.41. The van der Waals surface area contributed by atoms with Crippen molar-refractivity contribution in [2.24, 2.45) is 0 Å². The van der Waals surface area contributed by atoms with Crippen LogP contribution in [0.2, 0.25) is 0 Å². The fourth-order valence-electron chi connectivity index (χ4n) is 2.41. The Hall–Kier alpha value is -1.79. The zero-order valence-electron chi connectivity index (χ0n) is 13.6. The van der Waals surface area contributed by atoms with Gasteiger partial charge in [0.05, 0.1) is 16.9 Å². The van der Waals surface area contributed by atoms with Crippen LogP contribution >= 0.6 is 0 Å². The smallest absolute Gasteiger partial charge is 0.399 e. The van der Waals surface area contributed by atoms with Crippen molar-refractivity contribution in [1.82, 2.24) is 4.98 Å². The largest absolute Gasteiger partial charge is 0.499 e. The monoisotopic (exact) mass is 317 g/mol. The Morgan fingerprint density at radius 2 is 1.52 bits per heavy atom. The minimum absolute atomic E-state index is 0.212. The summed E-state index contributed by atoms with van der Waals surface area (Å²) < 4.78 is 39.9. The molecule has 120 valence electrons. The summed E-state index contributed by atoms with van der Waals surface area (Å²) in [6.45, 7) is 7.58. The molecule has 0 saturated carbocycles. The van der Waals surface area contributed by atoms with Crippen LogP contribution in [0.4, 0.5) is 8.78 Å². The molecule has 1 aliphatic rings. The second-order valence-electron chi connectivity index (χ2n) is 6.64. The number of rotatable bonds is 2. The van der Waals surface area contributed by atoms with Gasteiger partial charge < -0.3 is 9.31 Å². The molecule has 2 heterocycles. The minimum atomic E-state index is -0.831. The summed E-state index contributed by atoms with van der Waals surface area (Å²) in [6.07, 6.45) is 0. The predicted octanol–water partition coefficient (Wildman–Crippen LogP) is 3.33. The molecule has 1 saturated heterocycles. The molecule has 1 aromatic carbocycles. The summed E-state index contributed by atoms with van der Waals surface area (Å²) >= 11 is 0. The van der Waals surface area contributed by atoms with E-state index in [2.05, 4.69) is 4.98 Å². The van der Waals surface area contributed by atoms with E-state index in [1.54, 1.807) is 24.3 Å². The normalized spacial score (nSPS) is 19.1. The third-order valence-electron chi connectivity index (χ3n) is 4.53. The van der Waals surface area contributed by atoms with E-state index in [1.807, 2.05) is 27.7 Å². The molecular formula is C17H18BF2NO2. The number of hydrogen-bond acceptors (Lipinski definition) is 3. The molecule has 2 aromatic rings. The first-order chi connectivity index (χ1) is 10.7. The van der Waals surface area contributed by atoms with E-state index >= 15 is 0 Å². The summed E-state index contributed by atoms with van der Waals surface area (Å²) in [5.41, 5.74) is -0.417. The van der Waals surface area contributed by atoms with E-state index in [0.717, 1.165) is 0 Å². The van der Waals surface area contributed by atoms with Crippen LogP contribution in [0, 0.1) is 11.8 Å². The molecule has 0 atom stereocenters. The summed E-state index contributed by atoms with van der Waals surface area (Å²) in [5, 5.41) is 0. The predicted molar refractivity (Wildman–Crippen MR) is 85.3 cm³/mol. The van der Waals surface area contributed by atoms with E-state index in [1.165, 1.54) is 12.1 Å². The van der Waals surface area contributed by atoms with E-state index in [4.69, 9.17) is 9.31 Å². The lowest BCUT2D eigenvalue weighted by Gasteiger charge is -2.32. The van der Waals surface area contributed by atoms with Gasteiger partial charge in [0.15, 0.2) is 0 Å². The van der Waals surface area contributed by atoms with Gasteiger partial charge in [-0.25, -0.2) is 9.37 Å². The molecule has 23 heavy (non-hydrogen) atoms. The molecule has 0 N–H and O–H groups in total. The molecular weight excluding hydrogens is 299 g/mol. The average molecular weight is 317 g/mol. The zero-order valence-corrected chi connectivity index (χ0v) is 13.6. The number of aromatic nitrogens is 1. The van der Waals surface area contributed by atoms with Crippen molar-refractivity contribution < 1.29 is 18.1 Å². The first-order valence-corrected chi connectivity index (χ1v) is 7.48. The number of pyridine rings is 1. The molecule has 0 radical (unpaired) electrons. The van der Waals surface area contributed by atoms with Gasteiger partial charge in [0.1, 0.15) is 5.82 Å². The van der Waals surface area contributed by atoms with Crippen LogP contribution < -0.4 is 5.46 Å². The molecule has 1 aromatic heterocycles. The Kier molecular flexibility index (Phi) is 3.77. The maximum absolute atomic E-state index is 14.4. The minimum Gasteiger partial charge on any atom is -0.399 e. The van der Waals surface area contributed by atoms with Crippen molar-refractivity contribution in [3.63, 3.8) is 0 Å². The van der Waals surface area contributed by atoms with Crippen molar-refractivity contribution in [2.75, 3.05) is 0 Å². The molecule has 1 aliphatic heterocycles. The van der Waals surface area contributed by atoms with Gasteiger partial charge in [0.2, 0.25) is 5.95 Å². The number of halogens is 2. The van der Waals surface area contributed by atoms with Gasteiger partial charge in [-0.05, 0) is 45.9 Å². The Balaban J connectivity index is 1.94. The van der Waals surface area contributed by atoms with Crippen LogP contribution in [0.3, 0.4) is 0 Å². The number of benzene rings is 1. The third-order valence-corrected chi connectivity index (χ3v) is 4.53. The van der Waals surface area contributed by atoms with Crippen LogP contribution in [0.15, 0.2) is 36.4 Å². The van der Waals surface area contributed by atoms with Gasteiger partial charge in [-0.2, -0.15) is 4.39 Å². The highest BCUT2D eigenvalue weighted by atomic mass is 19.1. The van der Waals surface area contributed by atoms with Gasteiger partial charge in [0, 0.05) is 11.0 Å². The van der Waals surface area contributed by atoms with Gasteiger partial charge in [-0.1, -0.05) is 18.2 Å². The van der Waals surface area contributed by atoms with Gasteiger partial charge in [-0.15, -0.1) is 0 Å². The SMILES string of the molecule is CC1(C)OB(c2ccc(-c3ccccc3F)nc2F)OC1(C)C. The van der Waals surface area contributed by atoms with E-state index in [9.17, 15) is 8.78 Å². The van der Waals surface area contributed by atoms with E-state index in [0.29, 0.717) is 0 Å². The fraction of sp³-hybridized carbons (Fsp3) is 0.353. The maximum atomic E-state index is 14.4. The van der Waals surface area contributed by atoms with Crippen molar-refractivity contribution in [3.8, 4) is 11.3 Å². The highest BCUT2D eigenvalue weighted by Crippen LogP contribution is 2.36. The van der Waals surface area contributed by atoms with E-state index < -0.39 is 30.1 Å². The summed E-state index contributed by atoms with van der Waals surface area (Å²) in [6, 6.07) is 9.24. The average Bonchev–Trinajstić information content (AvgIpc) is 2.67. The topological polar surface area (TPSA) is 31.4 Å². The van der Waals surface area contributed by atoms with Crippen LogP contribution in [0.25, 0.3) is 11.3 Å². The molecule has 6 heteroatoms. The molecule has 0 aliphatic carbocycles. The lowest BCUT2D eigenvalue weighted by Crippen LogP contribution is -2.41. The first kappa shape index (κ1) is 16.1. The van der Waals surface area contributed by atoms with Gasteiger partial charge >= 0.3 is 7.12 Å². The molecule has 0 bridgehead atoms. The molecule has 0 amide bonds. The van der Waals surface area contributed by atoms with Crippen LogP contribution in [0.1, 0.15) is 27.7 Å². The van der Waals surface area contributed by atoms with Crippen molar-refractivity contribution >= 4 is 12.6 Å². The lowest BCUT2D eigenvalue weighted by molar-refractivity contribution is 0.00578. The molecule has 0 spiro atoms. The summed E-state index contributed by atoms with van der Waals surface area (Å²) in [5.74, 6) is -1.16. The summed E-state index contributed by atoms with van der Waals surface area (Å²) in [7, 11) is -0.831. The van der Waals surface area contributed by atoms with Crippen LogP contribution in [0.5, 0.6) is 0 Å².